The normalized spacial score (nSPS) is 13.5. The third-order valence-corrected chi connectivity index (χ3v) is 1.88. The van der Waals surface area contributed by atoms with Gasteiger partial charge in [0.05, 0.1) is 7.11 Å². The Balaban J connectivity index is 5.45. The maximum Gasteiger partial charge on any atom is 0.419 e. The van der Waals surface area contributed by atoms with Crippen LogP contribution in [0, 0.1) is 0 Å². The van der Waals surface area contributed by atoms with Crippen LogP contribution in [0.4, 0.5) is 0 Å². The maximum absolute atomic E-state index is 11.4. The lowest BCUT2D eigenvalue weighted by Gasteiger charge is -2.23. The molecule has 0 saturated carbocycles. The summed E-state index contributed by atoms with van der Waals surface area (Å²) in [7, 11) is 0.983. The summed E-state index contributed by atoms with van der Waals surface area (Å²) in [6.07, 6.45) is -0.143. The molecular weight excluding hydrogens is 204 g/mol. The lowest BCUT2D eigenvalue weighted by atomic mass is 9.92. The zero-order chi connectivity index (χ0) is 12.1. The molecule has 83 valence electrons. The number of hydrogen-bond acceptors (Lipinski definition) is 6. The zero-order valence-electron chi connectivity index (χ0n) is 8.66. The quantitative estimate of drug-likeness (QED) is 0.440. The largest absolute Gasteiger partial charge is 0.465 e. The van der Waals surface area contributed by atoms with Crippen LogP contribution < -0.4 is 0 Å². The van der Waals surface area contributed by atoms with Gasteiger partial charge in [-0.05, 0) is 6.92 Å². The van der Waals surface area contributed by atoms with E-state index < -0.39 is 23.1 Å². The molecular formula is C9H11O6. The summed E-state index contributed by atoms with van der Waals surface area (Å²) in [4.78, 5) is 44.1. The van der Waals surface area contributed by atoms with Crippen molar-refractivity contribution in [3.8, 4) is 0 Å². The fourth-order valence-corrected chi connectivity index (χ4v) is 1.08. The third kappa shape index (κ3) is 2.20. The van der Waals surface area contributed by atoms with Crippen molar-refractivity contribution in [3.05, 3.63) is 0 Å². The van der Waals surface area contributed by atoms with E-state index in [2.05, 4.69) is 9.47 Å². The smallest absolute Gasteiger partial charge is 0.419 e. The molecule has 0 aliphatic carbocycles. The van der Waals surface area contributed by atoms with Crippen LogP contribution in [0.5, 0.6) is 0 Å². The second-order valence-electron chi connectivity index (χ2n) is 2.69. The highest BCUT2D eigenvalue weighted by molar-refractivity contribution is 6.26. The Morgan fingerprint density at radius 1 is 1.33 bits per heavy atom. The number of hydrogen-bond donors (Lipinski definition) is 0. The molecule has 1 unspecified atom stereocenters. The van der Waals surface area contributed by atoms with Gasteiger partial charge in [0.15, 0.2) is 11.6 Å². The monoisotopic (exact) mass is 215 g/mol. The Morgan fingerprint density at radius 3 is 2.13 bits per heavy atom. The highest BCUT2D eigenvalue weighted by Gasteiger charge is 2.53. The summed E-state index contributed by atoms with van der Waals surface area (Å²) in [5.41, 5.74) is -2.49. The van der Waals surface area contributed by atoms with Crippen LogP contribution in [0.25, 0.3) is 0 Å². The summed E-state index contributed by atoms with van der Waals surface area (Å²) in [5.74, 6) is -2.97. The summed E-state index contributed by atoms with van der Waals surface area (Å²) in [6, 6.07) is 0. The molecule has 1 radical (unpaired) electrons. The molecule has 0 aromatic carbocycles. The Bertz CT molecular complexity index is 277. The number of rotatable bonds is 6. The van der Waals surface area contributed by atoms with Crippen molar-refractivity contribution in [2.45, 2.75) is 25.9 Å². The fraction of sp³-hybridized carbons (Fsp3) is 0.556. The number of ether oxygens (including phenoxy) is 2. The highest BCUT2D eigenvalue weighted by Crippen LogP contribution is 2.17. The fourth-order valence-electron chi connectivity index (χ4n) is 1.08. The van der Waals surface area contributed by atoms with Gasteiger partial charge >= 0.3 is 18.0 Å². The van der Waals surface area contributed by atoms with Crippen molar-refractivity contribution >= 4 is 24.0 Å². The first-order valence-electron chi connectivity index (χ1n) is 4.15. The predicted octanol–water partition coefficient (Wildman–Crippen LogP) is -0.450. The molecule has 6 nitrogen and oxygen atoms in total. The van der Waals surface area contributed by atoms with E-state index in [1.54, 1.807) is 0 Å². The van der Waals surface area contributed by atoms with Gasteiger partial charge in [-0.25, -0.2) is 9.59 Å². The van der Waals surface area contributed by atoms with Crippen molar-refractivity contribution in [2.24, 2.45) is 0 Å². The highest BCUT2D eigenvalue weighted by atomic mass is 16.6. The minimum atomic E-state index is -2.49. The van der Waals surface area contributed by atoms with Crippen molar-refractivity contribution in [3.63, 3.8) is 0 Å². The van der Waals surface area contributed by atoms with Gasteiger partial charge in [0.2, 0.25) is 0 Å². The third-order valence-electron chi connectivity index (χ3n) is 1.88. The molecule has 6 heteroatoms. The lowest BCUT2D eigenvalue weighted by Crippen LogP contribution is -2.55. The molecule has 0 amide bonds. The van der Waals surface area contributed by atoms with Crippen LogP contribution in [-0.4, -0.2) is 36.7 Å². The molecule has 0 saturated heterocycles. The summed E-state index contributed by atoms with van der Waals surface area (Å²) in [5, 5.41) is 0. The van der Waals surface area contributed by atoms with Gasteiger partial charge in [0, 0.05) is 6.42 Å². The molecule has 0 heterocycles. The van der Waals surface area contributed by atoms with Crippen LogP contribution >= 0.6 is 0 Å². The number of ketones is 2. The van der Waals surface area contributed by atoms with Crippen molar-refractivity contribution in [1.82, 2.24) is 0 Å². The molecule has 0 N–H and O–H groups in total. The first-order valence-corrected chi connectivity index (χ1v) is 4.15. The van der Waals surface area contributed by atoms with Gasteiger partial charge in [-0.3, -0.25) is 9.59 Å². The molecule has 0 aromatic rings. The van der Waals surface area contributed by atoms with Gasteiger partial charge < -0.3 is 9.47 Å². The second kappa shape index (κ2) is 5.23. The number of carbonyl (C=O) groups is 3. The van der Waals surface area contributed by atoms with Gasteiger partial charge in [0.25, 0.3) is 0 Å². The average Bonchev–Trinajstić information content (AvgIpc) is 2.23. The van der Waals surface area contributed by atoms with Crippen LogP contribution in [0.1, 0.15) is 20.3 Å². The Morgan fingerprint density at radius 2 is 1.87 bits per heavy atom. The van der Waals surface area contributed by atoms with Crippen LogP contribution in [0.2, 0.25) is 0 Å². The molecule has 1 atom stereocenters. The maximum atomic E-state index is 11.4. The molecule has 0 bridgehead atoms. The Kier molecular flexibility index (Phi) is 4.63. The van der Waals surface area contributed by atoms with Gasteiger partial charge in [0.1, 0.15) is 0 Å². The summed E-state index contributed by atoms with van der Waals surface area (Å²) < 4.78 is 8.49. The molecule has 15 heavy (non-hydrogen) atoms. The van der Waals surface area contributed by atoms with E-state index in [4.69, 9.17) is 0 Å². The van der Waals surface area contributed by atoms with E-state index in [-0.39, 0.29) is 6.42 Å². The number of carbonyl (C=O) groups excluding carboxylic acids is 4. The first kappa shape index (κ1) is 13.3. The molecule has 0 aliphatic rings. The molecule has 0 rings (SSSR count). The number of Topliss-reactive ketones (excluding diaryl/α,β-unsaturated/α-hetero) is 2. The van der Waals surface area contributed by atoms with Crippen molar-refractivity contribution in [1.29, 1.82) is 0 Å². The Labute approximate surface area is 86.5 Å². The minimum absolute atomic E-state index is 0.143. The first-order chi connectivity index (χ1) is 6.97. The van der Waals surface area contributed by atoms with Gasteiger partial charge in [-0.1, -0.05) is 6.92 Å². The molecule has 0 aliphatic heterocycles. The van der Waals surface area contributed by atoms with E-state index in [9.17, 15) is 19.2 Å². The van der Waals surface area contributed by atoms with Crippen LogP contribution in [0.15, 0.2) is 0 Å². The van der Waals surface area contributed by atoms with E-state index in [0.29, 0.717) is 0 Å². The second-order valence-corrected chi connectivity index (χ2v) is 2.69. The zero-order valence-corrected chi connectivity index (χ0v) is 8.66. The van der Waals surface area contributed by atoms with Crippen molar-refractivity contribution in [2.75, 3.05) is 7.11 Å². The standard InChI is InChI=1S/C9H11O6/c1-4-7(12)9(6(2)11,15-5-10)8(13)14-3/h4H2,1-3H3. The van der Waals surface area contributed by atoms with Crippen LogP contribution in [-0.2, 0) is 28.7 Å². The predicted molar refractivity (Wildman–Crippen MR) is 47.5 cm³/mol. The van der Waals surface area contributed by atoms with E-state index >= 15 is 0 Å². The number of methoxy groups -OCH3 is 1. The molecule has 0 fully saturated rings. The van der Waals surface area contributed by atoms with E-state index in [1.807, 2.05) is 0 Å². The van der Waals surface area contributed by atoms with Gasteiger partial charge in [-0.2, -0.15) is 0 Å². The summed E-state index contributed by atoms with van der Waals surface area (Å²) >= 11 is 0. The average molecular weight is 215 g/mol. The van der Waals surface area contributed by atoms with E-state index in [1.165, 1.54) is 6.92 Å². The summed E-state index contributed by atoms with van der Waals surface area (Å²) in [6.45, 7) is 3.32. The topological polar surface area (TPSA) is 86.7 Å². The molecule has 0 spiro atoms. The van der Waals surface area contributed by atoms with E-state index in [0.717, 1.165) is 20.5 Å². The van der Waals surface area contributed by atoms with Gasteiger partial charge in [-0.15, -0.1) is 0 Å². The SMILES string of the molecule is CCC(=O)C(O[C]=O)(C(C)=O)C(=O)OC. The van der Waals surface area contributed by atoms with Crippen molar-refractivity contribution < 1.29 is 28.7 Å². The number of esters is 1. The van der Waals surface area contributed by atoms with Crippen LogP contribution in [0.3, 0.4) is 0 Å². The Hall–Kier alpha value is -1.72. The minimum Gasteiger partial charge on any atom is -0.465 e. The lowest BCUT2D eigenvalue weighted by molar-refractivity contribution is -0.170. The molecule has 0 aromatic heterocycles.